The van der Waals surface area contributed by atoms with Gasteiger partial charge in [0.05, 0.1) is 0 Å². The van der Waals surface area contributed by atoms with Crippen LogP contribution in [0.25, 0.3) is 11.1 Å². The van der Waals surface area contributed by atoms with Gasteiger partial charge in [-0.05, 0) is 37.1 Å². The van der Waals surface area contributed by atoms with E-state index in [0.29, 0.717) is 0 Å². The first kappa shape index (κ1) is 17.1. The monoisotopic (exact) mass is 308 g/mol. The van der Waals surface area contributed by atoms with Crippen LogP contribution in [0.2, 0.25) is 0 Å². The minimum Gasteiger partial charge on any atom is -0.412 e. The van der Waals surface area contributed by atoms with Crippen molar-refractivity contribution in [2.24, 2.45) is 7.05 Å². The van der Waals surface area contributed by atoms with Crippen LogP contribution in [-0.4, -0.2) is 20.5 Å². The fraction of sp³-hybridized carbons (Fsp3) is 0.267. The second-order valence-electron chi connectivity index (χ2n) is 4.85. The fourth-order valence-corrected chi connectivity index (χ4v) is 2.64. The Labute approximate surface area is 126 Å². The summed E-state index contributed by atoms with van der Waals surface area (Å²) < 4.78 is 15.7. The first-order valence-electron chi connectivity index (χ1n) is 6.27. The molecule has 2 aromatic rings. The molecule has 21 heavy (non-hydrogen) atoms. The SMILES string of the molecule is Cc1c(-c2cccc(NS(C)=O)c2)cn(C)c(=O)c1C.O. The molecule has 0 aliphatic heterocycles. The molecule has 3 N–H and O–H groups in total. The summed E-state index contributed by atoms with van der Waals surface area (Å²) in [4.78, 5) is 11.9. The number of aryl methyl sites for hydroxylation is 1. The molecule has 2 rings (SSSR count). The minimum absolute atomic E-state index is 0. The van der Waals surface area contributed by atoms with E-state index in [0.717, 1.165) is 27.9 Å². The Morgan fingerprint density at radius 1 is 1.19 bits per heavy atom. The van der Waals surface area contributed by atoms with Crippen molar-refractivity contribution in [1.29, 1.82) is 0 Å². The van der Waals surface area contributed by atoms with Gasteiger partial charge in [0.15, 0.2) is 0 Å². The lowest BCUT2D eigenvalue weighted by Crippen LogP contribution is -2.20. The van der Waals surface area contributed by atoms with E-state index in [4.69, 9.17) is 0 Å². The number of hydrogen-bond acceptors (Lipinski definition) is 2. The third-order valence-corrected chi connectivity index (χ3v) is 3.89. The van der Waals surface area contributed by atoms with E-state index in [1.807, 2.05) is 44.3 Å². The van der Waals surface area contributed by atoms with E-state index in [1.54, 1.807) is 17.9 Å². The lowest BCUT2D eigenvalue weighted by molar-refractivity contribution is 0.690. The van der Waals surface area contributed by atoms with Gasteiger partial charge in [-0.15, -0.1) is 0 Å². The molecule has 0 bridgehead atoms. The van der Waals surface area contributed by atoms with E-state index in [-0.39, 0.29) is 11.0 Å². The molecule has 0 amide bonds. The van der Waals surface area contributed by atoms with Crippen molar-refractivity contribution < 1.29 is 9.69 Å². The number of hydrogen-bond donors (Lipinski definition) is 1. The van der Waals surface area contributed by atoms with E-state index in [9.17, 15) is 9.00 Å². The predicted molar refractivity (Wildman–Crippen MR) is 87.9 cm³/mol. The Balaban J connectivity index is 0.00000220. The molecule has 1 aromatic carbocycles. The molecule has 0 spiro atoms. The molecule has 1 heterocycles. The zero-order valence-corrected chi connectivity index (χ0v) is 13.4. The van der Waals surface area contributed by atoms with Gasteiger partial charge in [-0.3, -0.25) is 4.79 Å². The molecule has 0 saturated heterocycles. The highest BCUT2D eigenvalue weighted by Gasteiger charge is 2.09. The highest BCUT2D eigenvalue weighted by molar-refractivity contribution is 7.85. The molecule has 1 unspecified atom stereocenters. The summed E-state index contributed by atoms with van der Waals surface area (Å²) in [7, 11) is 0.647. The van der Waals surface area contributed by atoms with Crippen molar-refractivity contribution in [3.05, 3.63) is 51.9 Å². The Morgan fingerprint density at radius 3 is 2.48 bits per heavy atom. The van der Waals surface area contributed by atoms with Gasteiger partial charge in [-0.1, -0.05) is 12.1 Å². The molecule has 0 aliphatic rings. The zero-order valence-electron chi connectivity index (χ0n) is 12.6. The van der Waals surface area contributed by atoms with Gasteiger partial charge in [0.2, 0.25) is 0 Å². The standard InChI is InChI=1S/C15H18N2O2S.H2O/c1-10-11(2)15(18)17(3)9-14(10)12-6-5-7-13(8-12)16-20(4)19;/h5-9,16H,1-4H3;1H2. The molecule has 0 aliphatic carbocycles. The van der Waals surface area contributed by atoms with Crippen molar-refractivity contribution in [2.45, 2.75) is 13.8 Å². The van der Waals surface area contributed by atoms with Crippen LogP contribution in [0.4, 0.5) is 5.69 Å². The average Bonchev–Trinajstić information content (AvgIpc) is 2.40. The van der Waals surface area contributed by atoms with Gasteiger partial charge in [-0.25, -0.2) is 4.21 Å². The van der Waals surface area contributed by atoms with Crippen LogP contribution in [0.15, 0.2) is 35.3 Å². The van der Waals surface area contributed by atoms with Gasteiger partial charge in [0, 0.05) is 36.3 Å². The van der Waals surface area contributed by atoms with Gasteiger partial charge >= 0.3 is 0 Å². The number of nitrogens with zero attached hydrogens (tertiary/aromatic N) is 1. The summed E-state index contributed by atoms with van der Waals surface area (Å²) in [6, 6.07) is 7.70. The smallest absolute Gasteiger partial charge is 0.253 e. The Kier molecular flexibility index (Phi) is 5.46. The van der Waals surface area contributed by atoms with Crippen molar-refractivity contribution >= 4 is 16.7 Å². The predicted octanol–water partition coefficient (Wildman–Crippen LogP) is 1.55. The van der Waals surface area contributed by atoms with E-state index < -0.39 is 11.0 Å². The average molecular weight is 308 g/mol. The quantitative estimate of drug-likeness (QED) is 0.933. The maximum atomic E-state index is 11.9. The number of anilines is 1. The van der Waals surface area contributed by atoms with Crippen LogP contribution in [0, 0.1) is 13.8 Å². The normalized spacial score (nSPS) is 11.6. The van der Waals surface area contributed by atoms with Crippen LogP contribution < -0.4 is 10.3 Å². The number of benzene rings is 1. The molecule has 114 valence electrons. The summed E-state index contributed by atoms with van der Waals surface area (Å²) in [6.45, 7) is 3.79. The van der Waals surface area contributed by atoms with Crippen LogP contribution in [-0.2, 0) is 18.0 Å². The van der Waals surface area contributed by atoms with E-state index in [1.165, 1.54) is 0 Å². The fourth-order valence-electron chi connectivity index (χ4n) is 2.18. The summed E-state index contributed by atoms with van der Waals surface area (Å²) >= 11 is 0. The number of pyridine rings is 1. The van der Waals surface area contributed by atoms with Gasteiger partial charge in [-0.2, -0.15) is 0 Å². The molecular formula is C15H20N2O3S. The largest absolute Gasteiger partial charge is 0.412 e. The maximum Gasteiger partial charge on any atom is 0.253 e. The number of nitrogens with one attached hydrogen (secondary N) is 1. The molecule has 5 nitrogen and oxygen atoms in total. The highest BCUT2D eigenvalue weighted by atomic mass is 32.2. The third-order valence-electron chi connectivity index (χ3n) is 3.37. The van der Waals surface area contributed by atoms with Crippen LogP contribution in [0.5, 0.6) is 0 Å². The molecule has 6 heteroatoms. The molecular weight excluding hydrogens is 288 g/mol. The first-order valence-corrected chi connectivity index (χ1v) is 7.83. The maximum absolute atomic E-state index is 11.9. The third kappa shape index (κ3) is 3.59. The number of rotatable bonds is 3. The summed E-state index contributed by atoms with van der Waals surface area (Å²) in [5, 5.41) is 0. The van der Waals surface area contributed by atoms with E-state index >= 15 is 0 Å². The Morgan fingerprint density at radius 2 is 1.86 bits per heavy atom. The second kappa shape index (κ2) is 6.69. The topological polar surface area (TPSA) is 82.6 Å². The molecule has 1 atom stereocenters. The Bertz CT molecular complexity index is 738. The molecule has 1 aromatic heterocycles. The van der Waals surface area contributed by atoms with E-state index in [2.05, 4.69) is 4.72 Å². The van der Waals surface area contributed by atoms with Crippen molar-refractivity contribution in [3.63, 3.8) is 0 Å². The summed E-state index contributed by atoms with van der Waals surface area (Å²) in [5.74, 6) is 0. The van der Waals surface area contributed by atoms with Gasteiger partial charge in [0.1, 0.15) is 11.0 Å². The van der Waals surface area contributed by atoms with Crippen molar-refractivity contribution in [3.8, 4) is 11.1 Å². The first-order chi connectivity index (χ1) is 9.40. The molecule has 0 saturated carbocycles. The highest BCUT2D eigenvalue weighted by Crippen LogP contribution is 2.26. The summed E-state index contributed by atoms with van der Waals surface area (Å²) in [6.07, 6.45) is 3.43. The zero-order chi connectivity index (χ0) is 14.9. The van der Waals surface area contributed by atoms with Crippen LogP contribution in [0.3, 0.4) is 0 Å². The van der Waals surface area contributed by atoms with Crippen LogP contribution >= 0.6 is 0 Å². The number of aromatic nitrogens is 1. The van der Waals surface area contributed by atoms with Gasteiger partial charge < -0.3 is 14.8 Å². The summed E-state index contributed by atoms with van der Waals surface area (Å²) in [5.41, 5.74) is 4.56. The van der Waals surface area contributed by atoms with Crippen LogP contribution in [0.1, 0.15) is 11.1 Å². The lowest BCUT2D eigenvalue weighted by atomic mass is 9.99. The van der Waals surface area contributed by atoms with Crippen molar-refractivity contribution in [2.75, 3.05) is 11.0 Å². The van der Waals surface area contributed by atoms with Crippen molar-refractivity contribution in [1.82, 2.24) is 4.57 Å². The lowest BCUT2D eigenvalue weighted by Gasteiger charge is -2.12. The molecule has 0 fully saturated rings. The van der Waals surface area contributed by atoms with Gasteiger partial charge in [0.25, 0.3) is 5.56 Å². The second-order valence-corrected chi connectivity index (χ2v) is 5.96. The minimum atomic E-state index is -1.10. The molecule has 0 radical (unpaired) electrons. The Hall–Kier alpha value is -1.92.